The zero-order chi connectivity index (χ0) is 21.0. The summed E-state index contributed by atoms with van der Waals surface area (Å²) in [6.45, 7) is 0. The molecule has 0 aromatic heterocycles. The number of amides is 2. The number of carbonyl (C=O) groups is 3. The van der Waals surface area contributed by atoms with Crippen molar-refractivity contribution < 1.29 is 28.2 Å². The zero-order valence-corrected chi connectivity index (χ0v) is 16.1. The SMILES string of the molecule is COC(=O)C(N)Cc1ccc(Oc2ccc(/C=C3/SC(=O)NC3=O)c(F)c2)cc1. The van der Waals surface area contributed by atoms with Gasteiger partial charge in [-0.25, -0.2) is 4.39 Å². The molecule has 3 N–H and O–H groups in total. The van der Waals surface area contributed by atoms with E-state index in [4.69, 9.17) is 10.5 Å². The van der Waals surface area contributed by atoms with Crippen LogP contribution in [0.1, 0.15) is 11.1 Å². The molecule has 0 bridgehead atoms. The van der Waals surface area contributed by atoms with Crippen LogP contribution in [0, 0.1) is 5.82 Å². The highest BCUT2D eigenvalue weighted by atomic mass is 32.2. The molecule has 3 rings (SSSR count). The number of carbonyl (C=O) groups excluding carboxylic acids is 3. The van der Waals surface area contributed by atoms with Crippen LogP contribution < -0.4 is 15.8 Å². The second-order valence-electron chi connectivity index (χ2n) is 6.12. The number of nitrogens with two attached hydrogens (primary N) is 1. The third-order valence-corrected chi connectivity index (χ3v) is 4.83. The molecule has 0 saturated carbocycles. The summed E-state index contributed by atoms with van der Waals surface area (Å²) in [6.07, 6.45) is 1.63. The van der Waals surface area contributed by atoms with E-state index in [1.54, 1.807) is 30.3 Å². The van der Waals surface area contributed by atoms with Crippen molar-refractivity contribution >= 4 is 35.0 Å². The van der Waals surface area contributed by atoms with Gasteiger partial charge in [-0.15, -0.1) is 0 Å². The number of halogens is 1. The third-order valence-electron chi connectivity index (χ3n) is 4.02. The lowest BCUT2D eigenvalue weighted by Crippen LogP contribution is -2.33. The molecule has 150 valence electrons. The Kier molecular flexibility index (Phi) is 6.30. The number of benzene rings is 2. The standard InChI is InChI=1S/C20H17FN2O5S/c1-27-19(25)16(22)8-11-2-5-13(6-3-11)28-14-7-4-12(15(21)10-14)9-17-18(24)23-20(26)29-17/h2-7,9-10,16H,8,22H2,1H3,(H,23,24,26)/b17-9+. The van der Waals surface area contributed by atoms with Gasteiger partial charge in [0.2, 0.25) is 0 Å². The third kappa shape index (κ3) is 5.21. The maximum Gasteiger partial charge on any atom is 0.322 e. The highest BCUT2D eigenvalue weighted by Crippen LogP contribution is 2.29. The lowest BCUT2D eigenvalue weighted by atomic mass is 10.1. The number of esters is 1. The van der Waals surface area contributed by atoms with Gasteiger partial charge in [0.05, 0.1) is 12.0 Å². The molecule has 1 saturated heterocycles. The molecule has 2 aromatic carbocycles. The smallest absolute Gasteiger partial charge is 0.322 e. The van der Waals surface area contributed by atoms with Crippen LogP contribution in [-0.2, 0) is 20.7 Å². The zero-order valence-electron chi connectivity index (χ0n) is 15.3. The van der Waals surface area contributed by atoms with Crippen molar-refractivity contribution in [3.8, 4) is 11.5 Å². The van der Waals surface area contributed by atoms with E-state index in [1.807, 2.05) is 0 Å². The predicted molar refractivity (Wildman–Crippen MR) is 106 cm³/mol. The van der Waals surface area contributed by atoms with Crippen molar-refractivity contribution in [3.05, 3.63) is 64.3 Å². The Hall–Kier alpha value is -3.17. The van der Waals surface area contributed by atoms with Gasteiger partial charge in [0.1, 0.15) is 23.4 Å². The fourth-order valence-electron chi connectivity index (χ4n) is 2.57. The van der Waals surface area contributed by atoms with E-state index in [1.165, 1.54) is 25.3 Å². The van der Waals surface area contributed by atoms with Gasteiger partial charge in [-0.2, -0.15) is 0 Å². The summed E-state index contributed by atoms with van der Waals surface area (Å²) >= 11 is 0.718. The minimum absolute atomic E-state index is 0.128. The van der Waals surface area contributed by atoms with Crippen LogP contribution in [0.2, 0.25) is 0 Å². The molecule has 9 heteroatoms. The first-order valence-electron chi connectivity index (χ1n) is 8.50. The molecule has 1 atom stereocenters. The van der Waals surface area contributed by atoms with E-state index in [-0.39, 0.29) is 16.2 Å². The number of imide groups is 1. The number of thioether (sulfide) groups is 1. The highest BCUT2D eigenvalue weighted by Gasteiger charge is 2.25. The lowest BCUT2D eigenvalue weighted by molar-refractivity contribution is -0.142. The van der Waals surface area contributed by atoms with Crippen LogP contribution in [0.25, 0.3) is 6.08 Å². The summed E-state index contributed by atoms with van der Waals surface area (Å²) in [5.41, 5.74) is 6.72. The molecule has 1 heterocycles. The molecule has 0 aliphatic carbocycles. The van der Waals surface area contributed by atoms with Gasteiger partial charge in [-0.1, -0.05) is 12.1 Å². The summed E-state index contributed by atoms with van der Waals surface area (Å²) < 4.78 is 24.6. The molecule has 1 aliphatic rings. The minimum atomic E-state index is -0.752. The molecule has 2 aromatic rings. The predicted octanol–water partition coefficient (Wildman–Crippen LogP) is 2.98. The Bertz CT molecular complexity index is 991. The molecule has 1 aliphatic heterocycles. The van der Waals surface area contributed by atoms with Crippen molar-refractivity contribution in [1.29, 1.82) is 0 Å². The van der Waals surface area contributed by atoms with Crippen molar-refractivity contribution in [2.24, 2.45) is 5.73 Å². The molecule has 0 radical (unpaired) electrons. The summed E-state index contributed by atoms with van der Waals surface area (Å²) in [4.78, 5) is 34.2. The first-order chi connectivity index (χ1) is 13.9. The number of nitrogens with one attached hydrogen (secondary N) is 1. The number of methoxy groups -OCH3 is 1. The van der Waals surface area contributed by atoms with Gasteiger partial charge in [-0.3, -0.25) is 19.7 Å². The van der Waals surface area contributed by atoms with E-state index in [0.29, 0.717) is 12.2 Å². The van der Waals surface area contributed by atoms with Crippen LogP contribution in [0.15, 0.2) is 47.4 Å². The van der Waals surface area contributed by atoms with Crippen LogP contribution in [0.3, 0.4) is 0 Å². The summed E-state index contributed by atoms with van der Waals surface area (Å²) in [7, 11) is 1.28. The van der Waals surface area contributed by atoms with Gasteiger partial charge in [0.15, 0.2) is 0 Å². The first-order valence-corrected chi connectivity index (χ1v) is 9.32. The molecule has 7 nitrogen and oxygen atoms in total. The van der Waals surface area contributed by atoms with Crippen LogP contribution in [0.5, 0.6) is 11.5 Å². The largest absolute Gasteiger partial charge is 0.468 e. The Labute approximate surface area is 170 Å². The fraction of sp³-hybridized carbons (Fsp3) is 0.150. The van der Waals surface area contributed by atoms with E-state index in [2.05, 4.69) is 10.1 Å². The monoisotopic (exact) mass is 416 g/mol. The normalized spacial score (nSPS) is 15.9. The van der Waals surface area contributed by atoms with E-state index >= 15 is 0 Å². The van der Waals surface area contributed by atoms with Gasteiger partial charge in [0, 0.05) is 11.6 Å². The molecule has 0 spiro atoms. The fourth-order valence-corrected chi connectivity index (χ4v) is 3.24. The number of rotatable bonds is 6. The molecular weight excluding hydrogens is 399 g/mol. The Morgan fingerprint density at radius 2 is 1.90 bits per heavy atom. The summed E-state index contributed by atoms with van der Waals surface area (Å²) in [5.74, 6) is -0.894. The van der Waals surface area contributed by atoms with Gasteiger partial charge >= 0.3 is 5.97 Å². The Morgan fingerprint density at radius 3 is 2.48 bits per heavy atom. The van der Waals surface area contributed by atoms with Crippen molar-refractivity contribution in [2.45, 2.75) is 12.5 Å². The molecule has 2 amide bonds. The van der Waals surface area contributed by atoms with E-state index in [9.17, 15) is 18.8 Å². The Balaban J connectivity index is 1.67. The molecular formula is C20H17FN2O5S. The average molecular weight is 416 g/mol. The van der Waals surface area contributed by atoms with Crippen molar-refractivity contribution in [2.75, 3.05) is 7.11 Å². The molecule has 1 unspecified atom stereocenters. The minimum Gasteiger partial charge on any atom is -0.468 e. The maximum atomic E-state index is 14.3. The topological polar surface area (TPSA) is 108 Å². The van der Waals surface area contributed by atoms with Gasteiger partial charge in [-0.05, 0) is 54.1 Å². The number of hydrogen-bond donors (Lipinski definition) is 2. The summed E-state index contributed by atoms with van der Waals surface area (Å²) in [6, 6.07) is 10.3. The van der Waals surface area contributed by atoms with Crippen molar-refractivity contribution in [1.82, 2.24) is 5.32 Å². The summed E-state index contributed by atoms with van der Waals surface area (Å²) in [5, 5.41) is 1.62. The van der Waals surface area contributed by atoms with E-state index < -0.39 is 29.0 Å². The van der Waals surface area contributed by atoms with E-state index in [0.717, 1.165) is 17.3 Å². The second-order valence-corrected chi connectivity index (χ2v) is 7.13. The first kappa shape index (κ1) is 20.6. The Morgan fingerprint density at radius 1 is 1.21 bits per heavy atom. The van der Waals surface area contributed by atoms with Crippen LogP contribution >= 0.6 is 11.8 Å². The van der Waals surface area contributed by atoms with Crippen LogP contribution in [-0.4, -0.2) is 30.3 Å². The highest BCUT2D eigenvalue weighted by molar-refractivity contribution is 8.18. The number of hydrogen-bond acceptors (Lipinski definition) is 7. The average Bonchev–Trinajstić information content (AvgIpc) is 3.01. The number of ether oxygens (including phenoxy) is 2. The maximum absolute atomic E-state index is 14.3. The second kappa shape index (κ2) is 8.89. The molecule has 1 fully saturated rings. The lowest BCUT2D eigenvalue weighted by Gasteiger charge is -2.10. The quantitative estimate of drug-likeness (QED) is 0.551. The van der Waals surface area contributed by atoms with Crippen LogP contribution in [0.4, 0.5) is 9.18 Å². The van der Waals surface area contributed by atoms with Gasteiger partial charge in [0.25, 0.3) is 11.1 Å². The van der Waals surface area contributed by atoms with Gasteiger partial charge < -0.3 is 15.2 Å². The van der Waals surface area contributed by atoms with Crippen molar-refractivity contribution in [3.63, 3.8) is 0 Å². The molecule has 29 heavy (non-hydrogen) atoms.